The Labute approximate surface area is 314 Å². The molecule has 0 aliphatic carbocycles. The minimum Gasteiger partial charge on any atom is -0.549 e. The van der Waals surface area contributed by atoms with E-state index in [1.807, 2.05) is 0 Å². The van der Waals surface area contributed by atoms with Crippen molar-refractivity contribution in [3.05, 3.63) is 76.1 Å². The van der Waals surface area contributed by atoms with Crippen LogP contribution in [-0.2, 0) is 34.5 Å². The van der Waals surface area contributed by atoms with Gasteiger partial charge in [0.1, 0.15) is 6.61 Å². The van der Waals surface area contributed by atoms with Crippen LogP contribution in [0.5, 0.6) is 0 Å². The summed E-state index contributed by atoms with van der Waals surface area (Å²) in [5.74, 6) is -1.69. The molecule has 1 aromatic heterocycles. The second-order valence-corrected chi connectivity index (χ2v) is 12.9. The molecule has 9 nitrogen and oxygen atoms in total. The van der Waals surface area contributed by atoms with Crippen molar-refractivity contribution in [2.45, 2.75) is 70.6 Å². The van der Waals surface area contributed by atoms with E-state index < -0.39 is 77.8 Å². The van der Waals surface area contributed by atoms with Crippen molar-refractivity contribution in [3.63, 3.8) is 0 Å². The van der Waals surface area contributed by atoms with Gasteiger partial charge >= 0.3 is 54.2 Å². The van der Waals surface area contributed by atoms with Gasteiger partial charge in [-0.15, -0.1) is 0 Å². The normalized spacial score (nSPS) is 16.5. The summed E-state index contributed by atoms with van der Waals surface area (Å²) in [7, 11) is 3.10. The summed E-state index contributed by atoms with van der Waals surface area (Å²) < 4.78 is 128. The van der Waals surface area contributed by atoms with E-state index in [0.29, 0.717) is 12.1 Å². The predicted octanol–water partition coefficient (Wildman–Crippen LogP) is 4.25. The maximum Gasteiger partial charge on any atom is 1.00 e. The third-order valence-corrected chi connectivity index (χ3v) is 8.29. The molecule has 3 aromatic rings. The fraction of sp³-hybridized carbons (Fsp3) is 0.455. The van der Waals surface area contributed by atoms with Gasteiger partial charge in [0.05, 0.1) is 52.0 Å². The summed E-state index contributed by atoms with van der Waals surface area (Å²) in [6.07, 6.45) is -15.0. The van der Waals surface area contributed by atoms with Crippen molar-refractivity contribution in [2.75, 3.05) is 35.8 Å². The van der Waals surface area contributed by atoms with Crippen LogP contribution < -0.4 is 49.8 Å². The van der Waals surface area contributed by atoms with Gasteiger partial charge in [-0.2, -0.15) is 39.5 Å². The molecule has 19 heteroatoms. The fourth-order valence-corrected chi connectivity index (χ4v) is 5.49. The largest absolute Gasteiger partial charge is 1.00 e. The first-order valence-electron chi connectivity index (χ1n) is 15.4. The molecule has 0 saturated heterocycles. The number of carbonyl (C=O) groups is 2. The third-order valence-electron chi connectivity index (χ3n) is 8.29. The van der Waals surface area contributed by atoms with E-state index in [9.17, 15) is 54.2 Å². The van der Waals surface area contributed by atoms with Gasteiger partial charge in [0.15, 0.2) is 0 Å². The Morgan fingerprint density at radius 2 is 1.52 bits per heavy atom. The average molecular weight is 758 g/mol. The van der Waals surface area contributed by atoms with Gasteiger partial charge in [-0.05, 0) is 60.4 Å². The third kappa shape index (κ3) is 9.80. The number of benzene rings is 2. The number of carboxylic acids is 1. The van der Waals surface area contributed by atoms with E-state index in [1.54, 1.807) is 21.0 Å². The van der Waals surface area contributed by atoms with Gasteiger partial charge in [-0.1, -0.05) is 20.8 Å². The summed E-state index contributed by atoms with van der Waals surface area (Å²) in [4.78, 5) is 36.0. The number of ether oxygens (including phenoxy) is 1. The topological polar surface area (TPSA) is 111 Å². The Hall–Kier alpha value is -3.77. The van der Waals surface area contributed by atoms with E-state index in [-0.39, 0.29) is 82.6 Å². The van der Waals surface area contributed by atoms with Gasteiger partial charge in [0.2, 0.25) is 5.95 Å². The molecule has 1 aliphatic rings. The first-order valence-corrected chi connectivity index (χ1v) is 15.4. The number of amides is 1. The number of aliphatic carboxylic acids is 1. The molecule has 0 fully saturated rings. The summed E-state index contributed by atoms with van der Waals surface area (Å²) >= 11 is 0. The molecule has 1 amide bonds. The van der Waals surface area contributed by atoms with Gasteiger partial charge in [-0.25, -0.2) is 14.8 Å². The van der Waals surface area contributed by atoms with Crippen LogP contribution in [0.1, 0.15) is 73.2 Å². The second kappa shape index (κ2) is 15.7. The number of fused-ring (bicyclic) bond motifs is 1. The molecule has 1 N–H and O–H groups in total. The number of hydrogen-bond donors (Lipinski definition) is 1. The Morgan fingerprint density at radius 3 is 2.02 bits per heavy atom. The molecule has 0 spiro atoms. The van der Waals surface area contributed by atoms with Gasteiger partial charge in [0, 0.05) is 32.0 Å². The van der Waals surface area contributed by atoms with Crippen LogP contribution in [0.25, 0.3) is 0 Å². The van der Waals surface area contributed by atoms with Crippen LogP contribution in [0.3, 0.4) is 0 Å². The molecule has 1 aliphatic heterocycles. The zero-order valence-electron chi connectivity index (χ0n) is 28.8. The van der Waals surface area contributed by atoms with E-state index in [1.165, 1.54) is 24.9 Å². The second-order valence-electron chi connectivity index (χ2n) is 12.9. The minimum absolute atomic E-state index is 0. The van der Waals surface area contributed by atoms with Crippen molar-refractivity contribution in [2.24, 2.45) is 5.41 Å². The molecule has 0 unspecified atom stereocenters. The Bertz CT molecular complexity index is 1750. The maximum absolute atomic E-state index is 13.9. The number of halogens is 9. The number of hydrogen-bond acceptors (Lipinski definition) is 8. The smallest absolute Gasteiger partial charge is 0.549 e. The van der Waals surface area contributed by atoms with Crippen LogP contribution in [0.15, 0.2) is 42.6 Å². The van der Waals surface area contributed by atoms with E-state index >= 15 is 0 Å². The van der Waals surface area contributed by atoms with Crippen molar-refractivity contribution >= 4 is 29.4 Å². The molecule has 0 saturated carbocycles. The number of alkyl halides is 9. The maximum atomic E-state index is 13.9. The van der Waals surface area contributed by atoms with Crippen LogP contribution in [0.4, 0.5) is 61.6 Å². The monoisotopic (exact) mass is 757 g/mol. The molecule has 0 radical (unpaired) electrons. The average Bonchev–Trinajstić information content (AvgIpc) is 3.01. The number of carbonyl (C=O) groups excluding carboxylic acids is 2. The first-order chi connectivity index (χ1) is 23.4. The molecule has 2 atom stereocenters. The summed E-state index contributed by atoms with van der Waals surface area (Å²) in [6, 6.07) is 2.14. The Balaban J connectivity index is 0.00000729. The van der Waals surface area contributed by atoms with Crippen molar-refractivity contribution < 1.29 is 88.5 Å². The predicted molar refractivity (Wildman–Crippen MR) is 165 cm³/mol. The number of rotatable bonds is 9. The number of anilines is 3. The summed E-state index contributed by atoms with van der Waals surface area (Å²) in [6.45, 7) is 3.65. The van der Waals surface area contributed by atoms with Gasteiger partial charge < -0.3 is 24.9 Å². The molecular weight excluding hydrogens is 724 g/mol. The quantitative estimate of drug-likeness (QED) is 0.255. The number of aromatic nitrogens is 2. The summed E-state index contributed by atoms with van der Waals surface area (Å²) in [5, 5.41) is 14.4. The van der Waals surface area contributed by atoms with Crippen LogP contribution >= 0.6 is 0 Å². The number of nitrogens with one attached hydrogen (secondary N) is 1. The number of carboxylic acid groups (broad SMARTS) is 1. The van der Waals surface area contributed by atoms with Crippen LogP contribution in [-0.4, -0.2) is 48.8 Å². The molecule has 2 heterocycles. The van der Waals surface area contributed by atoms with Crippen LogP contribution in [0.2, 0.25) is 0 Å². The van der Waals surface area contributed by atoms with Gasteiger partial charge in [0.25, 0.3) is 0 Å². The fourth-order valence-electron chi connectivity index (χ4n) is 5.49. The molecule has 52 heavy (non-hydrogen) atoms. The van der Waals surface area contributed by atoms with E-state index in [4.69, 9.17) is 4.74 Å². The Kier molecular flexibility index (Phi) is 12.9. The Morgan fingerprint density at radius 1 is 0.942 bits per heavy atom. The zero-order chi connectivity index (χ0) is 38.3. The molecule has 278 valence electrons. The molecule has 2 aromatic carbocycles. The van der Waals surface area contributed by atoms with E-state index in [2.05, 4.69) is 15.3 Å². The summed E-state index contributed by atoms with van der Waals surface area (Å²) in [5.41, 5.74) is -5.76. The van der Waals surface area contributed by atoms with Crippen LogP contribution in [0, 0.1) is 5.41 Å². The molecule has 0 bridgehead atoms. The first kappa shape index (κ1) is 42.6. The van der Waals surface area contributed by atoms with Crippen molar-refractivity contribution in [3.8, 4) is 0 Å². The minimum atomic E-state index is -5.08. The van der Waals surface area contributed by atoms with Crippen molar-refractivity contribution in [1.82, 2.24) is 9.97 Å². The standard InChI is InChI=1S/C33H34F9N5O4.Na/c1-6-21-14-23(22-13-18(31(34,35)36)7-8-25(22)47(21)29(50)51-16-30(2,3)27(48)49)44-28-43-15-26(46(4)5)24(45-28)11-17-9-19(32(37,38)39)12-20(10-17)33(40,41)42;/h7-10,12-13,15,21,23H,6,11,14,16H2,1-5H3,(H,48,49)(H,43,44,45);/q;+1/p-1/t21-,23+;/m1./s1. The van der Waals surface area contributed by atoms with Gasteiger partial charge in [-0.3, -0.25) is 4.90 Å². The van der Waals surface area contributed by atoms with Crippen molar-refractivity contribution in [1.29, 1.82) is 0 Å². The zero-order valence-corrected chi connectivity index (χ0v) is 30.8. The SMILES string of the molecule is CC[C@@H]1C[C@H](Nc2ncc(N(C)C)c(Cc3cc(C(F)(F)F)cc(C(F)(F)F)c3)n2)c2cc(C(F)(F)F)ccc2N1C(=O)OCC(C)(C)C(=O)[O-].[Na+]. The number of nitrogens with zero attached hydrogens (tertiary/aromatic N) is 4. The van der Waals surface area contributed by atoms with E-state index in [0.717, 1.165) is 23.1 Å². The molecule has 4 rings (SSSR count). The molecular formula is C33H33F9N5NaO4.